The van der Waals surface area contributed by atoms with Crippen LogP contribution < -0.4 is 0 Å². The monoisotopic (exact) mass is 273 g/mol. The zero-order chi connectivity index (χ0) is 14.0. The van der Waals surface area contributed by atoms with Gasteiger partial charge in [-0.05, 0) is 31.0 Å². The molecule has 1 aromatic rings. The van der Waals surface area contributed by atoms with Crippen LogP contribution in [0, 0.1) is 0 Å². The molecule has 1 amide bonds. The van der Waals surface area contributed by atoms with Gasteiger partial charge in [0.15, 0.2) is 0 Å². The number of rotatable bonds is 2. The number of hydrogen-bond acceptors (Lipinski definition) is 2. The van der Waals surface area contributed by atoms with Crippen molar-refractivity contribution in [2.24, 2.45) is 0 Å². The van der Waals surface area contributed by atoms with Gasteiger partial charge in [0.25, 0.3) is 5.91 Å². The van der Waals surface area contributed by atoms with Gasteiger partial charge in [-0.3, -0.25) is 4.79 Å². The van der Waals surface area contributed by atoms with Crippen LogP contribution in [-0.4, -0.2) is 35.1 Å². The third-order valence-corrected chi connectivity index (χ3v) is 3.29. The van der Waals surface area contributed by atoms with E-state index in [4.69, 9.17) is 5.11 Å². The average molecular weight is 273 g/mol. The number of aliphatic hydroxyl groups is 1. The topological polar surface area (TPSA) is 40.5 Å². The molecule has 0 bridgehead atoms. The minimum Gasteiger partial charge on any atom is -0.394 e. The molecule has 0 spiro atoms. The molecule has 1 aliphatic heterocycles. The molecule has 0 saturated carbocycles. The molecule has 1 heterocycles. The van der Waals surface area contributed by atoms with Gasteiger partial charge in [0, 0.05) is 12.1 Å². The Labute approximate surface area is 108 Å². The van der Waals surface area contributed by atoms with E-state index in [1.165, 1.54) is 17.0 Å². The maximum atomic E-state index is 12.6. The molecule has 2 rings (SSSR count). The normalized spacial score (nSPS) is 19.8. The molecule has 1 N–H and O–H groups in total. The lowest BCUT2D eigenvalue weighted by Gasteiger charge is -2.23. The van der Waals surface area contributed by atoms with Gasteiger partial charge >= 0.3 is 6.18 Å². The number of benzene rings is 1. The number of nitrogens with zero attached hydrogens (tertiary/aromatic N) is 1. The standard InChI is InChI=1S/C13H14F3NO2/c14-13(15,16)10-4-1-3-9(7-10)12(19)17-6-2-5-11(17)8-18/h1,3-4,7,11,18H,2,5-6,8H2. The second-order valence-corrected chi connectivity index (χ2v) is 4.56. The predicted octanol–water partition coefficient (Wildman–Crippen LogP) is 2.30. The van der Waals surface area contributed by atoms with Crippen molar-refractivity contribution in [2.45, 2.75) is 25.1 Å². The highest BCUT2D eigenvalue weighted by molar-refractivity contribution is 5.94. The molecule has 1 unspecified atom stereocenters. The van der Waals surface area contributed by atoms with Crippen molar-refractivity contribution in [3.8, 4) is 0 Å². The summed E-state index contributed by atoms with van der Waals surface area (Å²) in [7, 11) is 0. The Morgan fingerprint density at radius 3 is 2.79 bits per heavy atom. The van der Waals surface area contributed by atoms with Crippen LogP contribution in [0.25, 0.3) is 0 Å². The maximum absolute atomic E-state index is 12.6. The Hall–Kier alpha value is -1.56. The zero-order valence-electron chi connectivity index (χ0n) is 10.2. The molecule has 0 aromatic heterocycles. The van der Waals surface area contributed by atoms with Crippen molar-refractivity contribution in [2.75, 3.05) is 13.2 Å². The third kappa shape index (κ3) is 2.89. The van der Waals surface area contributed by atoms with E-state index in [0.29, 0.717) is 13.0 Å². The second kappa shape index (κ2) is 5.21. The van der Waals surface area contributed by atoms with Gasteiger partial charge < -0.3 is 10.0 Å². The van der Waals surface area contributed by atoms with E-state index in [2.05, 4.69) is 0 Å². The van der Waals surface area contributed by atoms with Gasteiger partial charge in [-0.15, -0.1) is 0 Å². The Bertz CT molecular complexity index is 473. The van der Waals surface area contributed by atoms with Crippen LogP contribution >= 0.6 is 0 Å². The molecule has 0 radical (unpaired) electrons. The minimum atomic E-state index is -4.46. The van der Waals surface area contributed by atoms with Crippen molar-refractivity contribution in [1.29, 1.82) is 0 Å². The van der Waals surface area contributed by atoms with Gasteiger partial charge in [-0.1, -0.05) is 6.07 Å². The molecule has 1 atom stereocenters. The molecule has 19 heavy (non-hydrogen) atoms. The number of halogens is 3. The summed E-state index contributed by atoms with van der Waals surface area (Å²) >= 11 is 0. The molecule has 6 heteroatoms. The Morgan fingerprint density at radius 2 is 2.16 bits per heavy atom. The Balaban J connectivity index is 2.24. The first-order chi connectivity index (χ1) is 8.93. The van der Waals surface area contributed by atoms with Gasteiger partial charge in [0.2, 0.25) is 0 Å². The predicted molar refractivity (Wildman–Crippen MR) is 62.6 cm³/mol. The fraction of sp³-hybridized carbons (Fsp3) is 0.462. The van der Waals surface area contributed by atoms with E-state index < -0.39 is 17.6 Å². The van der Waals surface area contributed by atoms with E-state index in [1.54, 1.807) is 0 Å². The van der Waals surface area contributed by atoms with Crippen LogP contribution in [0.5, 0.6) is 0 Å². The van der Waals surface area contributed by atoms with Crippen LogP contribution in [0.15, 0.2) is 24.3 Å². The van der Waals surface area contributed by atoms with Crippen LogP contribution in [0.4, 0.5) is 13.2 Å². The molecule has 104 valence electrons. The number of aliphatic hydroxyl groups excluding tert-OH is 1. The lowest BCUT2D eigenvalue weighted by Crippen LogP contribution is -2.37. The smallest absolute Gasteiger partial charge is 0.394 e. The highest BCUT2D eigenvalue weighted by Gasteiger charge is 2.33. The molecule has 3 nitrogen and oxygen atoms in total. The maximum Gasteiger partial charge on any atom is 0.416 e. The Kier molecular flexibility index (Phi) is 3.80. The average Bonchev–Trinajstić information content (AvgIpc) is 2.85. The third-order valence-electron chi connectivity index (χ3n) is 3.29. The van der Waals surface area contributed by atoms with E-state index in [1.807, 2.05) is 0 Å². The molecular formula is C13H14F3NO2. The highest BCUT2D eigenvalue weighted by Crippen LogP contribution is 2.30. The SMILES string of the molecule is O=C(c1cccc(C(F)(F)F)c1)N1CCCC1CO. The number of alkyl halides is 3. The van der Waals surface area contributed by atoms with Gasteiger partial charge in [-0.2, -0.15) is 13.2 Å². The van der Waals surface area contributed by atoms with Crippen LogP contribution in [0.2, 0.25) is 0 Å². The van der Waals surface area contributed by atoms with Gasteiger partial charge in [0.1, 0.15) is 0 Å². The number of likely N-dealkylation sites (tertiary alicyclic amines) is 1. The summed E-state index contributed by atoms with van der Waals surface area (Å²) in [6, 6.07) is 4.09. The van der Waals surface area contributed by atoms with Gasteiger partial charge in [0.05, 0.1) is 18.2 Å². The largest absolute Gasteiger partial charge is 0.416 e. The van der Waals surface area contributed by atoms with Crippen molar-refractivity contribution in [3.05, 3.63) is 35.4 Å². The number of carbonyl (C=O) groups is 1. The van der Waals surface area contributed by atoms with Crippen molar-refractivity contribution >= 4 is 5.91 Å². The number of hydrogen-bond donors (Lipinski definition) is 1. The lowest BCUT2D eigenvalue weighted by molar-refractivity contribution is -0.137. The van der Waals surface area contributed by atoms with E-state index in [0.717, 1.165) is 18.6 Å². The Morgan fingerprint density at radius 1 is 1.42 bits per heavy atom. The molecule has 1 aliphatic rings. The second-order valence-electron chi connectivity index (χ2n) is 4.56. The minimum absolute atomic E-state index is 0.00942. The fourth-order valence-electron chi connectivity index (χ4n) is 2.29. The van der Waals surface area contributed by atoms with E-state index in [-0.39, 0.29) is 18.2 Å². The summed E-state index contributed by atoms with van der Waals surface area (Å²) in [5, 5.41) is 9.14. The molecule has 1 aromatic carbocycles. The van der Waals surface area contributed by atoms with Crippen LogP contribution in [-0.2, 0) is 6.18 Å². The first-order valence-corrected chi connectivity index (χ1v) is 6.02. The molecule has 1 saturated heterocycles. The van der Waals surface area contributed by atoms with Crippen molar-refractivity contribution in [3.63, 3.8) is 0 Å². The van der Waals surface area contributed by atoms with Crippen LogP contribution in [0.1, 0.15) is 28.8 Å². The highest BCUT2D eigenvalue weighted by atomic mass is 19.4. The summed E-state index contributed by atoms with van der Waals surface area (Å²) < 4.78 is 37.8. The summed E-state index contributed by atoms with van der Waals surface area (Å²) in [5.41, 5.74) is -0.826. The number of carbonyl (C=O) groups excluding carboxylic acids is 1. The quantitative estimate of drug-likeness (QED) is 0.898. The summed E-state index contributed by atoms with van der Waals surface area (Å²) in [5.74, 6) is -0.456. The van der Waals surface area contributed by atoms with E-state index in [9.17, 15) is 18.0 Å². The molecule has 0 aliphatic carbocycles. The summed E-state index contributed by atoms with van der Waals surface area (Å²) in [4.78, 5) is 13.6. The number of amides is 1. The van der Waals surface area contributed by atoms with Crippen molar-refractivity contribution < 1.29 is 23.1 Å². The first-order valence-electron chi connectivity index (χ1n) is 6.02. The molecule has 1 fully saturated rings. The molecular weight excluding hydrogens is 259 g/mol. The van der Waals surface area contributed by atoms with Crippen molar-refractivity contribution in [1.82, 2.24) is 4.90 Å². The first kappa shape index (κ1) is 13.9. The van der Waals surface area contributed by atoms with Crippen LogP contribution in [0.3, 0.4) is 0 Å². The lowest BCUT2D eigenvalue weighted by atomic mass is 10.1. The van der Waals surface area contributed by atoms with Gasteiger partial charge in [-0.25, -0.2) is 0 Å². The fourth-order valence-corrected chi connectivity index (χ4v) is 2.29. The zero-order valence-corrected chi connectivity index (χ0v) is 10.2. The van der Waals surface area contributed by atoms with E-state index >= 15 is 0 Å². The summed E-state index contributed by atoms with van der Waals surface area (Å²) in [6.07, 6.45) is -3.02. The summed E-state index contributed by atoms with van der Waals surface area (Å²) in [6.45, 7) is 0.311.